The number of benzene rings is 2. The zero-order valence-corrected chi connectivity index (χ0v) is 18.6. The van der Waals surface area contributed by atoms with E-state index in [2.05, 4.69) is 10.3 Å². The lowest BCUT2D eigenvalue weighted by Gasteiger charge is -2.22. The SMILES string of the molecule is COc1ccc2cc(C=C(NC(=O)c3ccccc3)C(=O)N3CCCCCC3)c(=O)[nH]c2c1. The number of carbonyl (C=O) groups excluding carboxylic acids is 2. The molecule has 3 aromatic rings. The van der Waals surface area contributed by atoms with Crippen molar-refractivity contribution in [1.29, 1.82) is 0 Å². The van der Waals surface area contributed by atoms with Gasteiger partial charge in [0.05, 0.1) is 12.6 Å². The molecule has 7 heteroatoms. The lowest BCUT2D eigenvalue weighted by atomic mass is 10.1. The number of H-pyrrole nitrogens is 1. The summed E-state index contributed by atoms with van der Waals surface area (Å²) in [5, 5.41) is 3.54. The summed E-state index contributed by atoms with van der Waals surface area (Å²) < 4.78 is 5.22. The summed E-state index contributed by atoms with van der Waals surface area (Å²) in [6, 6.07) is 15.8. The number of hydrogen-bond acceptors (Lipinski definition) is 4. The van der Waals surface area contributed by atoms with Crippen molar-refractivity contribution in [2.24, 2.45) is 0 Å². The summed E-state index contributed by atoms with van der Waals surface area (Å²) in [6.07, 6.45) is 5.46. The van der Waals surface area contributed by atoms with E-state index in [4.69, 9.17) is 4.74 Å². The molecule has 0 atom stereocenters. The molecule has 33 heavy (non-hydrogen) atoms. The number of aromatic amines is 1. The molecule has 0 unspecified atom stereocenters. The first-order valence-electron chi connectivity index (χ1n) is 11.1. The third-order valence-corrected chi connectivity index (χ3v) is 5.79. The van der Waals surface area contributed by atoms with Gasteiger partial charge >= 0.3 is 0 Å². The fraction of sp³-hybridized carbons (Fsp3) is 0.269. The number of nitrogens with zero attached hydrogens (tertiary/aromatic N) is 1. The van der Waals surface area contributed by atoms with Crippen molar-refractivity contribution in [2.45, 2.75) is 25.7 Å². The van der Waals surface area contributed by atoms with Gasteiger partial charge < -0.3 is 19.9 Å². The van der Waals surface area contributed by atoms with Gasteiger partial charge in [0.1, 0.15) is 11.4 Å². The summed E-state index contributed by atoms with van der Waals surface area (Å²) >= 11 is 0. The van der Waals surface area contributed by atoms with Crippen LogP contribution in [0.5, 0.6) is 5.75 Å². The van der Waals surface area contributed by atoms with Crippen molar-refractivity contribution in [3.8, 4) is 5.75 Å². The lowest BCUT2D eigenvalue weighted by molar-refractivity contribution is -0.127. The maximum absolute atomic E-state index is 13.4. The number of hydrogen-bond donors (Lipinski definition) is 2. The maximum atomic E-state index is 13.4. The Labute approximate surface area is 192 Å². The highest BCUT2D eigenvalue weighted by Crippen LogP contribution is 2.20. The molecule has 1 saturated heterocycles. The normalized spacial score (nSPS) is 14.6. The molecule has 170 valence electrons. The number of fused-ring (bicyclic) bond motifs is 1. The quantitative estimate of drug-likeness (QED) is 0.586. The second-order valence-electron chi connectivity index (χ2n) is 8.09. The predicted octanol–water partition coefficient (Wildman–Crippen LogP) is 3.71. The van der Waals surface area contributed by atoms with Crippen molar-refractivity contribution in [3.63, 3.8) is 0 Å². The molecule has 0 saturated carbocycles. The largest absolute Gasteiger partial charge is 0.497 e. The van der Waals surface area contributed by atoms with Crippen LogP contribution in [0.4, 0.5) is 0 Å². The van der Waals surface area contributed by atoms with Crippen molar-refractivity contribution in [3.05, 3.63) is 81.8 Å². The molecular weight excluding hydrogens is 418 g/mol. The highest BCUT2D eigenvalue weighted by Gasteiger charge is 2.22. The van der Waals surface area contributed by atoms with E-state index < -0.39 is 5.91 Å². The third-order valence-electron chi connectivity index (χ3n) is 5.79. The molecule has 0 aliphatic carbocycles. The fourth-order valence-electron chi connectivity index (χ4n) is 3.97. The number of nitrogens with one attached hydrogen (secondary N) is 2. The van der Waals surface area contributed by atoms with Crippen molar-refractivity contribution >= 4 is 28.8 Å². The van der Waals surface area contributed by atoms with Crippen LogP contribution < -0.4 is 15.6 Å². The standard InChI is InChI=1S/C26H27N3O4/c1-33-21-12-11-19-15-20(25(31)27-22(19)17-21)16-23(26(32)29-13-7-2-3-8-14-29)28-24(30)18-9-5-4-6-10-18/h4-6,9-12,15-17H,2-3,7-8,13-14H2,1H3,(H,27,31)(H,28,30). The van der Waals surface area contributed by atoms with Gasteiger partial charge in [-0.1, -0.05) is 31.0 Å². The second-order valence-corrected chi connectivity index (χ2v) is 8.09. The third kappa shape index (κ3) is 5.31. The molecule has 2 aromatic carbocycles. The number of carbonyl (C=O) groups is 2. The van der Waals surface area contributed by atoms with E-state index in [1.165, 1.54) is 6.08 Å². The molecule has 1 aliphatic heterocycles. The molecule has 0 bridgehead atoms. The Morgan fingerprint density at radius 2 is 1.73 bits per heavy atom. The highest BCUT2D eigenvalue weighted by atomic mass is 16.5. The van der Waals surface area contributed by atoms with Gasteiger partial charge in [-0.05, 0) is 54.6 Å². The molecular formula is C26H27N3O4. The first-order chi connectivity index (χ1) is 16.0. The Morgan fingerprint density at radius 1 is 1.00 bits per heavy atom. The van der Waals surface area contributed by atoms with Crippen LogP contribution in [-0.2, 0) is 4.79 Å². The summed E-state index contributed by atoms with van der Waals surface area (Å²) in [5.41, 5.74) is 1.09. The second kappa shape index (κ2) is 10.2. The van der Waals surface area contributed by atoms with Gasteiger partial charge in [0.25, 0.3) is 17.4 Å². The first kappa shape index (κ1) is 22.3. The van der Waals surface area contributed by atoms with E-state index in [0.29, 0.717) is 35.5 Å². The first-order valence-corrected chi connectivity index (χ1v) is 11.1. The average Bonchev–Trinajstić information content (AvgIpc) is 3.13. The molecule has 4 rings (SSSR count). The number of ether oxygens (including phenoxy) is 1. The summed E-state index contributed by atoms with van der Waals surface area (Å²) in [6.45, 7) is 1.26. The minimum Gasteiger partial charge on any atom is -0.497 e. The molecule has 1 aliphatic rings. The molecule has 0 spiro atoms. The zero-order chi connectivity index (χ0) is 23.2. The summed E-state index contributed by atoms with van der Waals surface area (Å²) in [5.74, 6) is -0.0454. The molecule has 1 aromatic heterocycles. The maximum Gasteiger partial charge on any atom is 0.270 e. The van der Waals surface area contributed by atoms with Crippen LogP contribution in [-0.4, -0.2) is 41.9 Å². The van der Waals surface area contributed by atoms with E-state index in [-0.39, 0.29) is 17.2 Å². The summed E-state index contributed by atoms with van der Waals surface area (Å²) in [4.78, 5) is 43.6. The lowest BCUT2D eigenvalue weighted by Crippen LogP contribution is -2.39. The van der Waals surface area contributed by atoms with Gasteiger partial charge in [0, 0.05) is 30.3 Å². The zero-order valence-electron chi connectivity index (χ0n) is 18.6. The number of pyridine rings is 1. The minimum atomic E-state index is -0.396. The highest BCUT2D eigenvalue weighted by molar-refractivity contribution is 6.05. The van der Waals surface area contributed by atoms with Crippen LogP contribution in [0.15, 0.2) is 65.1 Å². The Bertz CT molecular complexity index is 1240. The van der Waals surface area contributed by atoms with E-state index in [0.717, 1.165) is 31.1 Å². The van der Waals surface area contributed by atoms with E-state index in [1.807, 2.05) is 12.1 Å². The molecule has 0 radical (unpaired) electrons. The number of amides is 2. The predicted molar refractivity (Wildman–Crippen MR) is 128 cm³/mol. The van der Waals surface area contributed by atoms with Gasteiger partial charge in [0.15, 0.2) is 0 Å². The van der Waals surface area contributed by atoms with Crippen LogP contribution in [0.2, 0.25) is 0 Å². The van der Waals surface area contributed by atoms with Crippen LogP contribution in [0.1, 0.15) is 41.6 Å². The number of likely N-dealkylation sites (tertiary alicyclic amines) is 1. The van der Waals surface area contributed by atoms with E-state index in [1.54, 1.807) is 54.5 Å². The van der Waals surface area contributed by atoms with Crippen molar-refractivity contribution < 1.29 is 14.3 Å². The van der Waals surface area contributed by atoms with Gasteiger partial charge in [0.2, 0.25) is 0 Å². The number of methoxy groups -OCH3 is 1. The van der Waals surface area contributed by atoms with Gasteiger partial charge in [-0.2, -0.15) is 0 Å². The molecule has 2 heterocycles. The molecule has 1 fully saturated rings. The van der Waals surface area contributed by atoms with Crippen LogP contribution in [0.25, 0.3) is 17.0 Å². The van der Waals surface area contributed by atoms with E-state index >= 15 is 0 Å². The summed E-state index contributed by atoms with van der Waals surface area (Å²) in [7, 11) is 1.56. The van der Waals surface area contributed by atoms with Crippen LogP contribution in [0, 0.1) is 0 Å². The smallest absolute Gasteiger partial charge is 0.270 e. The molecule has 2 amide bonds. The van der Waals surface area contributed by atoms with Gasteiger partial charge in [-0.25, -0.2) is 0 Å². The minimum absolute atomic E-state index is 0.0871. The van der Waals surface area contributed by atoms with Gasteiger partial charge in [-0.3, -0.25) is 14.4 Å². The Morgan fingerprint density at radius 3 is 2.42 bits per heavy atom. The van der Waals surface area contributed by atoms with Crippen molar-refractivity contribution in [1.82, 2.24) is 15.2 Å². The molecule has 7 nitrogen and oxygen atoms in total. The monoisotopic (exact) mass is 445 g/mol. The fourth-order valence-corrected chi connectivity index (χ4v) is 3.97. The Balaban J connectivity index is 1.72. The topological polar surface area (TPSA) is 91.5 Å². The van der Waals surface area contributed by atoms with Crippen LogP contribution >= 0.6 is 0 Å². The van der Waals surface area contributed by atoms with Crippen molar-refractivity contribution in [2.75, 3.05) is 20.2 Å². The molecule has 2 N–H and O–H groups in total. The van der Waals surface area contributed by atoms with Gasteiger partial charge in [-0.15, -0.1) is 0 Å². The Kier molecular flexibility index (Phi) is 6.88. The average molecular weight is 446 g/mol. The van der Waals surface area contributed by atoms with E-state index in [9.17, 15) is 14.4 Å². The number of rotatable bonds is 5. The number of aromatic nitrogens is 1. The van der Waals surface area contributed by atoms with Crippen LogP contribution in [0.3, 0.4) is 0 Å². The Hall–Kier alpha value is -3.87.